The highest BCUT2D eigenvalue weighted by molar-refractivity contribution is 6.31. The first kappa shape index (κ1) is 19.7. The molecule has 4 rings (SSSR count). The van der Waals surface area contributed by atoms with Gasteiger partial charge in [0.2, 0.25) is 0 Å². The van der Waals surface area contributed by atoms with Gasteiger partial charge in [-0.25, -0.2) is 14.4 Å². The largest absolute Gasteiger partial charge is 0.486 e. The number of ether oxygens (including phenoxy) is 3. The van der Waals surface area contributed by atoms with Gasteiger partial charge in [0.15, 0.2) is 17.7 Å². The van der Waals surface area contributed by atoms with E-state index in [9.17, 15) is 4.39 Å². The fraction of sp³-hybridized carbons (Fsp3) is 0.333. The molecule has 1 saturated heterocycles. The highest BCUT2D eigenvalue weighted by Crippen LogP contribution is 2.34. The van der Waals surface area contributed by atoms with Crippen molar-refractivity contribution in [3.05, 3.63) is 53.7 Å². The average molecular weight is 418 g/mol. The number of anilines is 1. The zero-order valence-electron chi connectivity index (χ0n) is 15.9. The Bertz CT molecular complexity index is 998. The lowest BCUT2D eigenvalue weighted by Gasteiger charge is -2.26. The van der Waals surface area contributed by atoms with E-state index in [0.29, 0.717) is 30.4 Å². The van der Waals surface area contributed by atoms with Crippen LogP contribution in [0.3, 0.4) is 0 Å². The molecule has 1 aliphatic heterocycles. The lowest BCUT2D eigenvalue weighted by Crippen LogP contribution is -2.27. The van der Waals surface area contributed by atoms with Crippen LogP contribution in [0.2, 0.25) is 5.02 Å². The van der Waals surface area contributed by atoms with Gasteiger partial charge in [-0.3, -0.25) is 0 Å². The summed E-state index contributed by atoms with van der Waals surface area (Å²) in [5.41, 5.74) is 1.41. The van der Waals surface area contributed by atoms with Crippen LogP contribution in [0.15, 0.2) is 42.9 Å². The molecule has 0 amide bonds. The van der Waals surface area contributed by atoms with E-state index in [1.807, 2.05) is 19.1 Å². The Morgan fingerprint density at radius 3 is 2.83 bits per heavy atom. The van der Waals surface area contributed by atoms with Crippen LogP contribution >= 0.6 is 11.6 Å². The zero-order valence-corrected chi connectivity index (χ0v) is 16.7. The second-order valence-corrected chi connectivity index (χ2v) is 7.25. The average Bonchev–Trinajstić information content (AvgIpc) is 2.72. The van der Waals surface area contributed by atoms with Crippen molar-refractivity contribution in [2.75, 3.05) is 18.5 Å². The van der Waals surface area contributed by atoms with Crippen LogP contribution in [0.5, 0.6) is 11.5 Å². The molecule has 6 nitrogen and oxygen atoms in total. The number of nitrogens with zero attached hydrogens (tertiary/aromatic N) is 2. The number of aromatic nitrogens is 2. The molecule has 8 heteroatoms. The van der Waals surface area contributed by atoms with Crippen molar-refractivity contribution in [2.24, 2.45) is 0 Å². The molecule has 1 N–H and O–H groups in total. The minimum absolute atomic E-state index is 0.0492. The van der Waals surface area contributed by atoms with Crippen LogP contribution in [0, 0.1) is 5.82 Å². The fourth-order valence-electron chi connectivity index (χ4n) is 3.19. The molecule has 0 bridgehead atoms. The summed E-state index contributed by atoms with van der Waals surface area (Å²) in [6, 6.07) is 8.16. The maximum atomic E-state index is 13.4. The van der Waals surface area contributed by atoms with Crippen LogP contribution in [-0.2, 0) is 4.74 Å². The Labute approximate surface area is 173 Å². The predicted molar refractivity (Wildman–Crippen MR) is 109 cm³/mol. The maximum Gasteiger partial charge on any atom is 0.167 e. The highest BCUT2D eigenvalue weighted by Gasteiger charge is 2.19. The Kier molecular flexibility index (Phi) is 5.97. The zero-order chi connectivity index (χ0) is 20.2. The quantitative estimate of drug-likeness (QED) is 0.580. The molecule has 0 aliphatic carbocycles. The molecule has 2 heterocycles. The van der Waals surface area contributed by atoms with Gasteiger partial charge in [0.1, 0.15) is 18.2 Å². The summed E-state index contributed by atoms with van der Waals surface area (Å²) >= 11 is 5.86. The minimum atomic E-state index is -0.466. The van der Waals surface area contributed by atoms with Gasteiger partial charge in [-0.15, -0.1) is 0 Å². The molecule has 1 aliphatic rings. The predicted octanol–water partition coefficient (Wildman–Crippen LogP) is 4.82. The molecule has 0 spiro atoms. The topological polar surface area (TPSA) is 65.5 Å². The SMILES string of the molecule is CC(Nc1ccc(F)c(Cl)c1)Oc1cc2ncncc2cc1OC1CCOCC1. The molecule has 29 heavy (non-hydrogen) atoms. The van der Waals surface area contributed by atoms with Crippen molar-refractivity contribution >= 4 is 28.2 Å². The molecule has 1 fully saturated rings. The highest BCUT2D eigenvalue weighted by atomic mass is 35.5. The standard InChI is InChI=1S/C21H21ClFN3O3/c1-13(26-15-2-3-18(23)17(22)9-15)28-21-10-19-14(11-24-12-25-19)8-20(21)29-16-4-6-27-7-5-16/h2-3,8-13,16,26H,4-7H2,1H3. The first-order chi connectivity index (χ1) is 14.1. The van der Waals surface area contributed by atoms with Gasteiger partial charge in [0.05, 0.1) is 23.8 Å². The van der Waals surface area contributed by atoms with Crippen molar-refractivity contribution in [3.63, 3.8) is 0 Å². The number of rotatable bonds is 6. The summed E-state index contributed by atoms with van der Waals surface area (Å²) in [5, 5.41) is 4.07. The number of hydrogen-bond donors (Lipinski definition) is 1. The number of fused-ring (bicyclic) bond motifs is 1. The Hall–Kier alpha value is -2.64. The molecule has 1 unspecified atom stereocenters. The molecule has 1 atom stereocenters. The minimum Gasteiger partial charge on any atom is -0.486 e. The van der Waals surface area contributed by atoms with Crippen molar-refractivity contribution < 1.29 is 18.6 Å². The van der Waals surface area contributed by atoms with E-state index in [4.69, 9.17) is 25.8 Å². The molecular weight excluding hydrogens is 397 g/mol. The smallest absolute Gasteiger partial charge is 0.167 e. The van der Waals surface area contributed by atoms with Crippen LogP contribution in [0.1, 0.15) is 19.8 Å². The first-order valence-corrected chi connectivity index (χ1v) is 9.83. The first-order valence-electron chi connectivity index (χ1n) is 9.45. The molecule has 0 saturated carbocycles. The van der Waals surface area contributed by atoms with Gasteiger partial charge in [0, 0.05) is 36.2 Å². The summed E-state index contributed by atoms with van der Waals surface area (Å²) in [5.74, 6) is 0.730. The number of hydrogen-bond acceptors (Lipinski definition) is 6. The monoisotopic (exact) mass is 417 g/mol. The van der Waals surface area contributed by atoms with E-state index in [0.717, 1.165) is 23.7 Å². The third-order valence-electron chi connectivity index (χ3n) is 4.63. The molecule has 2 aromatic carbocycles. The Balaban J connectivity index is 1.56. The van der Waals surface area contributed by atoms with E-state index in [1.165, 1.54) is 18.5 Å². The van der Waals surface area contributed by atoms with E-state index in [1.54, 1.807) is 12.3 Å². The van der Waals surface area contributed by atoms with E-state index < -0.39 is 12.0 Å². The van der Waals surface area contributed by atoms with Crippen LogP contribution in [0.4, 0.5) is 10.1 Å². The summed E-state index contributed by atoms with van der Waals surface area (Å²) in [6.07, 6.45) is 4.52. The third-order valence-corrected chi connectivity index (χ3v) is 4.92. The number of benzene rings is 2. The van der Waals surface area contributed by atoms with E-state index in [2.05, 4.69) is 15.3 Å². The van der Waals surface area contributed by atoms with Crippen molar-refractivity contribution in [3.8, 4) is 11.5 Å². The van der Waals surface area contributed by atoms with Gasteiger partial charge in [-0.2, -0.15) is 0 Å². The van der Waals surface area contributed by atoms with Gasteiger partial charge in [0.25, 0.3) is 0 Å². The summed E-state index contributed by atoms with van der Waals surface area (Å²) < 4.78 is 31.1. The lowest BCUT2D eigenvalue weighted by molar-refractivity contribution is 0.0240. The van der Waals surface area contributed by atoms with Crippen molar-refractivity contribution in [2.45, 2.75) is 32.1 Å². The summed E-state index contributed by atoms with van der Waals surface area (Å²) in [6.45, 7) is 3.21. The van der Waals surface area contributed by atoms with E-state index >= 15 is 0 Å². The summed E-state index contributed by atoms with van der Waals surface area (Å²) in [7, 11) is 0. The Morgan fingerprint density at radius 2 is 2.03 bits per heavy atom. The van der Waals surface area contributed by atoms with Crippen molar-refractivity contribution in [1.82, 2.24) is 9.97 Å². The fourth-order valence-corrected chi connectivity index (χ4v) is 3.37. The van der Waals surface area contributed by atoms with Crippen LogP contribution in [-0.4, -0.2) is 35.5 Å². The normalized spacial score (nSPS) is 15.8. The van der Waals surface area contributed by atoms with Gasteiger partial charge in [-0.1, -0.05) is 11.6 Å². The molecule has 0 radical (unpaired) electrons. The second-order valence-electron chi connectivity index (χ2n) is 6.84. The molecule has 1 aromatic heterocycles. The lowest BCUT2D eigenvalue weighted by atomic mass is 10.1. The van der Waals surface area contributed by atoms with Gasteiger partial charge in [-0.05, 0) is 31.2 Å². The molecule has 152 valence electrons. The van der Waals surface area contributed by atoms with Crippen molar-refractivity contribution in [1.29, 1.82) is 0 Å². The number of halogens is 2. The second kappa shape index (κ2) is 8.80. The van der Waals surface area contributed by atoms with Crippen LogP contribution in [0.25, 0.3) is 10.9 Å². The molecular formula is C21H21ClFN3O3. The van der Waals surface area contributed by atoms with Gasteiger partial charge < -0.3 is 19.5 Å². The van der Waals surface area contributed by atoms with Gasteiger partial charge >= 0.3 is 0 Å². The van der Waals surface area contributed by atoms with Crippen LogP contribution < -0.4 is 14.8 Å². The summed E-state index contributed by atoms with van der Waals surface area (Å²) in [4.78, 5) is 8.38. The Morgan fingerprint density at radius 1 is 1.21 bits per heavy atom. The van der Waals surface area contributed by atoms with E-state index in [-0.39, 0.29) is 11.1 Å². The number of nitrogens with one attached hydrogen (secondary N) is 1. The molecule has 3 aromatic rings. The third kappa shape index (κ3) is 4.86. The maximum absolute atomic E-state index is 13.4.